The fourth-order valence-electron chi connectivity index (χ4n) is 2.55. The lowest BCUT2D eigenvalue weighted by Gasteiger charge is -2.15. The summed E-state index contributed by atoms with van der Waals surface area (Å²) in [6.07, 6.45) is 2.56. The van der Waals surface area contributed by atoms with Gasteiger partial charge in [-0.15, -0.1) is 24.8 Å². The van der Waals surface area contributed by atoms with Gasteiger partial charge >= 0.3 is 0 Å². The molecule has 0 aromatic heterocycles. The predicted octanol–water partition coefficient (Wildman–Crippen LogP) is 0.817. The minimum atomic E-state index is -0.331. The number of halogens is 2. The van der Waals surface area contributed by atoms with Crippen LogP contribution in [-0.4, -0.2) is 42.9 Å². The number of nitrogens with one attached hydrogen (secondary N) is 2. The molecular formula is C16H26Cl2N4O2. The Morgan fingerprint density at radius 2 is 1.71 bits per heavy atom. The molecule has 0 bridgehead atoms. The summed E-state index contributed by atoms with van der Waals surface area (Å²) in [4.78, 5) is 25.0. The molecular weight excluding hydrogens is 351 g/mol. The van der Waals surface area contributed by atoms with Crippen molar-refractivity contribution in [2.24, 2.45) is 5.73 Å². The minimum Gasteiger partial charge on any atom is -0.350 e. The number of carbonyl (C=O) groups is 2. The highest BCUT2D eigenvalue weighted by Crippen LogP contribution is 2.13. The Labute approximate surface area is 155 Å². The second kappa shape index (κ2) is 12.1. The summed E-state index contributed by atoms with van der Waals surface area (Å²) in [5.41, 5.74) is 7.49. The van der Waals surface area contributed by atoms with Crippen LogP contribution in [0.2, 0.25) is 0 Å². The Bertz CT molecular complexity index is 523. The fourth-order valence-corrected chi connectivity index (χ4v) is 2.55. The van der Waals surface area contributed by atoms with Gasteiger partial charge in [0.15, 0.2) is 0 Å². The van der Waals surface area contributed by atoms with E-state index in [4.69, 9.17) is 5.73 Å². The normalized spacial score (nSPS) is 13.5. The van der Waals surface area contributed by atoms with Crippen molar-refractivity contribution in [3.05, 3.63) is 35.4 Å². The first-order chi connectivity index (χ1) is 10.7. The van der Waals surface area contributed by atoms with Crippen LogP contribution in [0.3, 0.4) is 0 Å². The summed E-state index contributed by atoms with van der Waals surface area (Å²) in [6, 6.07) is 8.25. The lowest BCUT2D eigenvalue weighted by molar-refractivity contribution is -0.125. The first kappa shape index (κ1) is 22.7. The highest BCUT2D eigenvalue weighted by Gasteiger charge is 2.11. The largest absolute Gasteiger partial charge is 0.350 e. The van der Waals surface area contributed by atoms with Crippen LogP contribution in [-0.2, 0) is 22.7 Å². The van der Waals surface area contributed by atoms with Gasteiger partial charge in [-0.3, -0.25) is 14.5 Å². The molecule has 1 aromatic carbocycles. The number of carbonyl (C=O) groups excluding carboxylic acids is 2. The fraction of sp³-hybridized carbons (Fsp3) is 0.500. The Hall–Kier alpha value is -1.34. The first-order valence-electron chi connectivity index (χ1n) is 7.71. The highest BCUT2D eigenvalue weighted by atomic mass is 35.5. The Kier molecular flexibility index (Phi) is 11.4. The molecule has 1 aliphatic heterocycles. The maximum Gasteiger partial charge on any atom is 0.239 e. The smallest absolute Gasteiger partial charge is 0.239 e. The third-order valence-corrected chi connectivity index (χ3v) is 3.72. The summed E-state index contributed by atoms with van der Waals surface area (Å²) in [7, 11) is 0. The van der Waals surface area contributed by atoms with E-state index in [0.29, 0.717) is 6.54 Å². The number of nitrogens with zero attached hydrogens (tertiary/aromatic N) is 1. The lowest BCUT2D eigenvalue weighted by atomic mass is 10.1. The summed E-state index contributed by atoms with van der Waals surface area (Å²) < 4.78 is 0. The molecule has 8 heteroatoms. The number of likely N-dealkylation sites (tertiary alicyclic amines) is 1. The van der Waals surface area contributed by atoms with E-state index in [0.717, 1.165) is 12.1 Å². The SMILES string of the molecule is Cl.Cl.NCC(=O)NCC(=O)NCc1cccc(CN2CCCC2)c1. The number of hydrogen-bond donors (Lipinski definition) is 3. The van der Waals surface area contributed by atoms with Crippen LogP contribution in [0.25, 0.3) is 0 Å². The van der Waals surface area contributed by atoms with Crippen molar-refractivity contribution in [1.29, 1.82) is 0 Å². The average Bonchev–Trinajstić information content (AvgIpc) is 3.04. The molecule has 1 saturated heterocycles. The van der Waals surface area contributed by atoms with E-state index in [9.17, 15) is 9.59 Å². The summed E-state index contributed by atoms with van der Waals surface area (Å²) in [6.45, 7) is 3.62. The molecule has 0 unspecified atom stereocenters. The van der Waals surface area contributed by atoms with E-state index in [2.05, 4.69) is 27.7 Å². The third-order valence-electron chi connectivity index (χ3n) is 3.72. The van der Waals surface area contributed by atoms with E-state index in [-0.39, 0.29) is 49.7 Å². The first-order valence-corrected chi connectivity index (χ1v) is 7.71. The van der Waals surface area contributed by atoms with Crippen LogP contribution in [0.1, 0.15) is 24.0 Å². The van der Waals surface area contributed by atoms with E-state index in [1.807, 2.05) is 12.1 Å². The predicted molar refractivity (Wildman–Crippen MR) is 99.4 cm³/mol. The molecule has 0 radical (unpaired) electrons. The molecule has 0 atom stereocenters. The van der Waals surface area contributed by atoms with Crippen LogP contribution < -0.4 is 16.4 Å². The topological polar surface area (TPSA) is 87.5 Å². The molecule has 0 spiro atoms. The van der Waals surface area contributed by atoms with Gasteiger partial charge in [-0.1, -0.05) is 24.3 Å². The molecule has 4 N–H and O–H groups in total. The molecule has 1 aliphatic rings. The second-order valence-corrected chi connectivity index (χ2v) is 5.56. The molecule has 1 fully saturated rings. The van der Waals surface area contributed by atoms with Crippen molar-refractivity contribution >= 4 is 36.6 Å². The molecule has 1 heterocycles. The van der Waals surface area contributed by atoms with Crippen molar-refractivity contribution in [1.82, 2.24) is 15.5 Å². The van der Waals surface area contributed by atoms with E-state index >= 15 is 0 Å². The van der Waals surface area contributed by atoms with Crippen LogP contribution in [0.15, 0.2) is 24.3 Å². The van der Waals surface area contributed by atoms with Gasteiger partial charge in [0.25, 0.3) is 0 Å². The van der Waals surface area contributed by atoms with Gasteiger partial charge < -0.3 is 16.4 Å². The summed E-state index contributed by atoms with van der Waals surface area (Å²) in [5, 5.41) is 5.24. The number of nitrogens with two attached hydrogens (primary N) is 1. The van der Waals surface area contributed by atoms with Crippen molar-refractivity contribution in [2.45, 2.75) is 25.9 Å². The van der Waals surface area contributed by atoms with Crippen molar-refractivity contribution < 1.29 is 9.59 Å². The minimum absolute atomic E-state index is 0. The van der Waals surface area contributed by atoms with Crippen LogP contribution >= 0.6 is 24.8 Å². The quantitative estimate of drug-likeness (QED) is 0.657. The zero-order valence-electron chi connectivity index (χ0n) is 13.6. The van der Waals surface area contributed by atoms with Gasteiger partial charge in [0.2, 0.25) is 11.8 Å². The number of amides is 2. The average molecular weight is 377 g/mol. The molecule has 24 heavy (non-hydrogen) atoms. The van der Waals surface area contributed by atoms with Gasteiger partial charge in [0, 0.05) is 13.1 Å². The molecule has 2 amide bonds. The van der Waals surface area contributed by atoms with E-state index < -0.39 is 0 Å². The zero-order valence-corrected chi connectivity index (χ0v) is 15.3. The van der Waals surface area contributed by atoms with Gasteiger partial charge in [-0.25, -0.2) is 0 Å². The zero-order chi connectivity index (χ0) is 15.8. The van der Waals surface area contributed by atoms with Crippen molar-refractivity contribution in [2.75, 3.05) is 26.2 Å². The highest BCUT2D eigenvalue weighted by molar-refractivity contribution is 5.86. The Morgan fingerprint density at radius 3 is 2.38 bits per heavy atom. The Balaban J connectivity index is 0.00000264. The lowest BCUT2D eigenvalue weighted by Crippen LogP contribution is -2.39. The van der Waals surface area contributed by atoms with Crippen LogP contribution in [0.5, 0.6) is 0 Å². The maximum atomic E-state index is 11.6. The Morgan fingerprint density at radius 1 is 1.04 bits per heavy atom. The standard InChI is InChI=1S/C16H24N4O2.2ClH/c17-9-15(21)19-11-16(22)18-10-13-4-3-5-14(8-13)12-20-6-1-2-7-20;;/h3-5,8H,1-2,6-7,9-12,17H2,(H,18,22)(H,19,21);2*1H. The van der Waals surface area contributed by atoms with Crippen LogP contribution in [0, 0.1) is 0 Å². The molecule has 1 aromatic rings. The maximum absolute atomic E-state index is 11.6. The van der Waals surface area contributed by atoms with E-state index in [1.165, 1.54) is 31.5 Å². The number of hydrogen-bond acceptors (Lipinski definition) is 4. The van der Waals surface area contributed by atoms with Gasteiger partial charge in [-0.05, 0) is 37.1 Å². The van der Waals surface area contributed by atoms with Crippen LogP contribution in [0.4, 0.5) is 0 Å². The summed E-state index contributed by atoms with van der Waals surface area (Å²) in [5.74, 6) is -0.547. The molecule has 6 nitrogen and oxygen atoms in total. The van der Waals surface area contributed by atoms with E-state index in [1.54, 1.807) is 0 Å². The number of rotatable bonds is 7. The van der Waals surface area contributed by atoms with Gasteiger partial charge in [0.05, 0.1) is 13.1 Å². The van der Waals surface area contributed by atoms with Gasteiger partial charge in [0.1, 0.15) is 0 Å². The molecule has 2 rings (SSSR count). The second-order valence-electron chi connectivity index (χ2n) is 5.56. The van der Waals surface area contributed by atoms with Crippen molar-refractivity contribution in [3.63, 3.8) is 0 Å². The third kappa shape index (κ3) is 7.97. The number of benzene rings is 1. The monoisotopic (exact) mass is 376 g/mol. The summed E-state index contributed by atoms with van der Waals surface area (Å²) >= 11 is 0. The van der Waals surface area contributed by atoms with Gasteiger partial charge in [-0.2, -0.15) is 0 Å². The molecule has 0 saturated carbocycles. The molecule has 136 valence electrons. The van der Waals surface area contributed by atoms with Crippen molar-refractivity contribution in [3.8, 4) is 0 Å². The molecule has 0 aliphatic carbocycles.